The van der Waals surface area contributed by atoms with Crippen LogP contribution in [0, 0.1) is 23.0 Å². The van der Waals surface area contributed by atoms with Gasteiger partial charge in [-0.05, 0) is 68.9 Å². The predicted molar refractivity (Wildman–Crippen MR) is 130 cm³/mol. The normalized spacial score (nSPS) is 18.0. The van der Waals surface area contributed by atoms with Gasteiger partial charge in [0, 0.05) is 55.6 Å². The van der Waals surface area contributed by atoms with Gasteiger partial charge in [-0.25, -0.2) is 8.42 Å². The van der Waals surface area contributed by atoms with Crippen LogP contribution in [0.3, 0.4) is 0 Å². The van der Waals surface area contributed by atoms with E-state index in [9.17, 15) is 23.3 Å². The van der Waals surface area contributed by atoms with Crippen LogP contribution in [-0.4, -0.2) is 49.7 Å². The number of carbonyl (C=O) groups excluding carboxylic acids is 1. The Morgan fingerprint density at radius 3 is 2.26 bits per heavy atom. The maximum absolute atomic E-state index is 13.1. The first-order chi connectivity index (χ1) is 16.3. The Morgan fingerprint density at radius 1 is 1.00 bits per heavy atom. The van der Waals surface area contributed by atoms with Crippen molar-refractivity contribution in [2.45, 2.75) is 43.9 Å². The largest absolute Gasteiger partial charge is 0.372 e. The summed E-state index contributed by atoms with van der Waals surface area (Å²) in [5.74, 6) is -0.409. The van der Waals surface area contributed by atoms with Crippen LogP contribution in [0.5, 0.6) is 0 Å². The molecule has 4 rings (SSSR count). The van der Waals surface area contributed by atoms with E-state index in [1.807, 2.05) is 24.3 Å². The molecule has 10 heteroatoms. The third-order valence-corrected chi connectivity index (χ3v) is 8.72. The fourth-order valence-corrected chi connectivity index (χ4v) is 6.34. The second kappa shape index (κ2) is 10.1. The van der Waals surface area contributed by atoms with Gasteiger partial charge in [0.15, 0.2) is 0 Å². The smallest absolute Gasteiger partial charge is 0.270 e. The molecule has 2 aliphatic heterocycles. The third kappa shape index (κ3) is 5.23. The van der Waals surface area contributed by atoms with Gasteiger partial charge >= 0.3 is 0 Å². The van der Waals surface area contributed by atoms with E-state index in [4.69, 9.17) is 0 Å². The molecule has 9 nitrogen and oxygen atoms in total. The number of non-ortho nitro benzene ring substituents is 1. The number of aryl methyl sites for hydroxylation is 1. The zero-order valence-electron chi connectivity index (χ0n) is 19.3. The van der Waals surface area contributed by atoms with Crippen LogP contribution in [0.1, 0.15) is 37.7 Å². The van der Waals surface area contributed by atoms with Crippen molar-refractivity contribution in [1.29, 1.82) is 0 Å². The molecule has 2 fully saturated rings. The van der Waals surface area contributed by atoms with E-state index in [-0.39, 0.29) is 35.5 Å². The molecule has 1 N–H and O–H groups in total. The number of amides is 1. The van der Waals surface area contributed by atoms with Crippen LogP contribution in [0.2, 0.25) is 0 Å². The molecule has 0 spiro atoms. The topological polar surface area (TPSA) is 113 Å². The van der Waals surface area contributed by atoms with Crippen molar-refractivity contribution in [3.63, 3.8) is 0 Å². The summed E-state index contributed by atoms with van der Waals surface area (Å²) in [6.07, 6.45) is 4.46. The number of benzene rings is 2. The van der Waals surface area contributed by atoms with Gasteiger partial charge in [0.1, 0.15) is 0 Å². The molecule has 0 radical (unpaired) electrons. The highest BCUT2D eigenvalue weighted by Gasteiger charge is 2.33. The van der Waals surface area contributed by atoms with Crippen molar-refractivity contribution in [3.8, 4) is 0 Å². The van der Waals surface area contributed by atoms with E-state index in [0.717, 1.165) is 30.5 Å². The van der Waals surface area contributed by atoms with Crippen LogP contribution in [0.4, 0.5) is 17.1 Å². The monoisotopic (exact) mass is 486 g/mol. The Hall–Kier alpha value is -2.98. The molecule has 1 amide bonds. The first-order valence-electron chi connectivity index (χ1n) is 11.7. The lowest BCUT2D eigenvalue weighted by Crippen LogP contribution is -2.41. The number of anilines is 2. The zero-order chi connectivity index (χ0) is 24.3. The Labute approximate surface area is 200 Å². The Balaban J connectivity index is 1.35. The molecule has 0 aliphatic carbocycles. The molecule has 34 heavy (non-hydrogen) atoms. The lowest BCUT2D eigenvalue weighted by Gasteiger charge is -2.31. The van der Waals surface area contributed by atoms with E-state index < -0.39 is 14.9 Å². The number of nitrogens with zero attached hydrogens (tertiary/aromatic N) is 3. The molecule has 2 aromatic carbocycles. The van der Waals surface area contributed by atoms with Crippen molar-refractivity contribution in [2.24, 2.45) is 5.92 Å². The Morgan fingerprint density at radius 2 is 1.65 bits per heavy atom. The van der Waals surface area contributed by atoms with Crippen molar-refractivity contribution >= 4 is 33.0 Å². The van der Waals surface area contributed by atoms with E-state index in [1.165, 1.54) is 35.7 Å². The highest BCUT2D eigenvalue weighted by Crippen LogP contribution is 2.29. The molecule has 2 heterocycles. The minimum absolute atomic E-state index is 0.0570. The van der Waals surface area contributed by atoms with Crippen molar-refractivity contribution in [2.75, 3.05) is 36.4 Å². The SMILES string of the molecule is Cc1ccc([N+](=O)[O-])cc1S(=O)(=O)N1CCC(C(=O)Nc2ccc(N3CCCCC3)cc2)CC1. The number of hydrogen-bond acceptors (Lipinski definition) is 6. The van der Waals surface area contributed by atoms with E-state index in [2.05, 4.69) is 10.2 Å². The number of nitro groups is 1. The lowest BCUT2D eigenvalue weighted by molar-refractivity contribution is -0.385. The maximum Gasteiger partial charge on any atom is 0.270 e. The number of piperidine rings is 2. The molecule has 182 valence electrons. The van der Waals surface area contributed by atoms with E-state index >= 15 is 0 Å². The standard InChI is InChI=1S/C24H30N4O5S/c1-18-5-8-22(28(30)31)17-23(18)34(32,33)27-15-11-19(12-16-27)24(29)25-20-6-9-21(10-7-20)26-13-3-2-4-14-26/h5-10,17,19H,2-4,11-16H2,1H3,(H,25,29). The van der Waals surface area contributed by atoms with E-state index in [1.54, 1.807) is 6.92 Å². The summed E-state index contributed by atoms with van der Waals surface area (Å²) in [5, 5.41) is 14.0. The number of nitro benzene ring substituents is 1. The first-order valence-corrected chi connectivity index (χ1v) is 13.1. The minimum Gasteiger partial charge on any atom is -0.372 e. The minimum atomic E-state index is -3.88. The Bertz CT molecular complexity index is 1150. The van der Waals surface area contributed by atoms with Crippen molar-refractivity contribution in [1.82, 2.24) is 4.31 Å². The highest BCUT2D eigenvalue weighted by atomic mass is 32.2. The number of carbonyl (C=O) groups is 1. The van der Waals surface area contributed by atoms with Crippen LogP contribution in [-0.2, 0) is 14.8 Å². The zero-order valence-corrected chi connectivity index (χ0v) is 20.1. The quantitative estimate of drug-likeness (QED) is 0.489. The van der Waals surface area contributed by atoms with Crippen LogP contribution < -0.4 is 10.2 Å². The van der Waals surface area contributed by atoms with Gasteiger partial charge < -0.3 is 10.2 Å². The summed E-state index contributed by atoms with van der Waals surface area (Å²) < 4.78 is 27.5. The van der Waals surface area contributed by atoms with Crippen LogP contribution >= 0.6 is 0 Å². The molecule has 0 atom stereocenters. The molecule has 0 saturated carbocycles. The van der Waals surface area contributed by atoms with Crippen LogP contribution in [0.25, 0.3) is 0 Å². The molecule has 2 aliphatic rings. The second-order valence-electron chi connectivity index (χ2n) is 8.97. The highest BCUT2D eigenvalue weighted by molar-refractivity contribution is 7.89. The van der Waals surface area contributed by atoms with Gasteiger partial charge in [-0.2, -0.15) is 4.31 Å². The molecular formula is C24H30N4O5S. The third-order valence-electron chi connectivity index (χ3n) is 6.68. The molecule has 0 bridgehead atoms. The number of hydrogen-bond donors (Lipinski definition) is 1. The van der Waals surface area contributed by atoms with Crippen molar-refractivity contribution < 1.29 is 18.1 Å². The fraction of sp³-hybridized carbons (Fsp3) is 0.458. The molecular weight excluding hydrogens is 456 g/mol. The first kappa shape index (κ1) is 24.2. The Kier molecular flexibility index (Phi) is 7.18. The number of sulfonamides is 1. The predicted octanol–water partition coefficient (Wildman–Crippen LogP) is 3.93. The molecule has 2 aromatic rings. The average molecular weight is 487 g/mol. The van der Waals surface area contributed by atoms with Gasteiger partial charge in [0.25, 0.3) is 5.69 Å². The van der Waals surface area contributed by atoms with Gasteiger partial charge in [-0.1, -0.05) is 6.07 Å². The molecule has 0 unspecified atom stereocenters. The molecule has 2 saturated heterocycles. The summed E-state index contributed by atoms with van der Waals surface area (Å²) in [5.41, 5.74) is 2.09. The van der Waals surface area contributed by atoms with Gasteiger partial charge in [0.2, 0.25) is 15.9 Å². The molecule has 0 aromatic heterocycles. The number of nitrogens with one attached hydrogen (secondary N) is 1. The fourth-order valence-electron chi connectivity index (χ4n) is 4.63. The summed E-state index contributed by atoms with van der Waals surface area (Å²) in [6, 6.07) is 11.7. The maximum atomic E-state index is 13.1. The van der Waals surface area contributed by atoms with Crippen molar-refractivity contribution in [3.05, 3.63) is 58.1 Å². The summed E-state index contributed by atoms with van der Waals surface area (Å²) in [7, 11) is -3.88. The van der Waals surface area contributed by atoms with Gasteiger partial charge in [-0.3, -0.25) is 14.9 Å². The summed E-state index contributed by atoms with van der Waals surface area (Å²) >= 11 is 0. The summed E-state index contributed by atoms with van der Waals surface area (Å²) in [6.45, 7) is 4.12. The second-order valence-corrected chi connectivity index (χ2v) is 10.9. The average Bonchev–Trinajstić information content (AvgIpc) is 2.85. The lowest BCUT2D eigenvalue weighted by atomic mass is 9.97. The number of rotatable bonds is 6. The summed E-state index contributed by atoms with van der Waals surface area (Å²) in [4.78, 5) is 25.6. The van der Waals surface area contributed by atoms with Gasteiger partial charge in [0.05, 0.1) is 9.82 Å². The van der Waals surface area contributed by atoms with Gasteiger partial charge in [-0.15, -0.1) is 0 Å². The van der Waals surface area contributed by atoms with Crippen LogP contribution in [0.15, 0.2) is 47.4 Å². The van der Waals surface area contributed by atoms with E-state index in [0.29, 0.717) is 18.4 Å².